The number of aromatic nitrogens is 3. The summed E-state index contributed by atoms with van der Waals surface area (Å²) in [5, 5.41) is 16.1. The van der Waals surface area contributed by atoms with Crippen molar-refractivity contribution in [1.82, 2.24) is 15.2 Å². The van der Waals surface area contributed by atoms with Crippen LogP contribution in [0.4, 0.5) is 13.2 Å². The summed E-state index contributed by atoms with van der Waals surface area (Å²) in [6.07, 6.45) is -3.40. The maximum absolute atomic E-state index is 13.1. The van der Waals surface area contributed by atoms with Crippen molar-refractivity contribution in [1.29, 1.82) is 0 Å². The Morgan fingerprint density at radius 3 is 2.15 bits per heavy atom. The molecule has 3 aromatic rings. The Morgan fingerprint density at radius 2 is 1.59 bits per heavy atom. The molecule has 136 valence electrons. The number of pyridine rings is 1. The molecule has 1 aromatic carbocycles. The van der Waals surface area contributed by atoms with E-state index in [-0.39, 0.29) is 11.4 Å². The van der Waals surface area contributed by atoms with Crippen LogP contribution in [0, 0.1) is 0 Å². The third kappa shape index (κ3) is 3.81. The van der Waals surface area contributed by atoms with Crippen LogP contribution in [0.25, 0.3) is 11.3 Å². The highest BCUT2D eigenvalue weighted by molar-refractivity contribution is 6.08. The van der Waals surface area contributed by atoms with Crippen molar-refractivity contribution in [2.45, 2.75) is 6.18 Å². The van der Waals surface area contributed by atoms with Gasteiger partial charge in [-0.05, 0) is 30.3 Å². The highest BCUT2D eigenvalue weighted by Crippen LogP contribution is 2.32. The minimum absolute atomic E-state index is 0.162. The van der Waals surface area contributed by atoms with Crippen LogP contribution in [0.1, 0.15) is 32.1 Å². The molecule has 0 saturated carbocycles. The molecule has 2 heterocycles. The van der Waals surface area contributed by atoms with Crippen LogP contribution in [0.3, 0.4) is 0 Å². The van der Waals surface area contributed by atoms with E-state index in [9.17, 15) is 22.8 Å². The fourth-order valence-electron chi connectivity index (χ4n) is 2.35. The maximum Gasteiger partial charge on any atom is 0.417 e. The summed E-state index contributed by atoms with van der Waals surface area (Å²) in [5.41, 5.74) is -1.18. The molecule has 3 rings (SSSR count). The molecular weight excluding hydrogens is 363 g/mol. The van der Waals surface area contributed by atoms with Crippen LogP contribution in [-0.4, -0.2) is 32.0 Å². The van der Waals surface area contributed by atoms with E-state index in [2.05, 4.69) is 15.2 Å². The minimum Gasteiger partial charge on any atom is -0.476 e. The molecule has 27 heavy (non-hydrogen) atoms. The van der Waals surface area contributed by atoms with Gasteiger partial charge in [0.1, 0.15) is 5.69 Å². The predicted octanol–water partition coefficient (Wildman–Crippen LogP) is 3.49. The van der Waals surface area contributed by atoms with Gasteiger partial charge in [0.15, 0.2) is 5.69 Å². The van der Waals surface area contributed by atoms with E-state index in [0.717, 1.165) is 12.1 Å². The monoisotopic (exact) mass is 373 g/mol. The van der Waals surface area contributed by atoms with Crippen molar-refractivity contribution < 1.29 is 27.9 Å². The number of carbonyl (C=O) groups is 2. The predicted molar refractivity (Wildman–Crippen MR) is 87.1 cm³/mol. The molecule has 0 fully saturated rings. The van der Waals surface area contributed by atoms with Crippen LogP contribution in [-0.2, 0) is 6.18 Å². The Bertz CT molecular complexity index is 1000. The molecule has 6 nitrogen and oxygen atoms in total. The molecule has 0 radical (unpaired) electrons. The van der Waals surface area contributed by atoms with E-state index in [4.69, 9.17) is 5.11 Å². The fourth-order valence-corrected chi connectivity index (χ4v) is 2.35. The lowest BCUT2D eigenvalue weighted by Gasteiger charge is -2.11. The first-order chi connectivity index (χ1) is 12.8. The first-order valence-electron chi connectivity index (χ1n) is 7.52. The van der Waals surface area contributed by atoms with Gasteiger partial charge in [-0.3, -0.25) is 9.78 Å². The first-order valence-corrected chi connectivity index (χ1v) is 7.52. The third-order valence-corrected chi connectivity index (χ3v) is 3.65. The van der Waals surface area contributed by atoms with Gasteiger partial charge in [0.05, 0.1) is 11.3 Å². The van der Waals surface area contributed by atoms with E-state index in [1.807, 2.05) is 0 Å². The summed E-state index contributed by atoms with van der Waals surface area (Å²) in [4.78, 5) is 27.1. The van der Waals surface area contributed by atoms with Crippen molar-refractivity contribution >= 4 is 11.8 Å². The van der Waals surface area contributed by atoms with E-state index in [1.165, 1.54) is 42.6 Å². The van der Waals surface area contributed by atoms with Gasteiger partial charge in [0, 0.05) is 17.3 Å². The van der Waals surface area contributed by atoms with Gasteiger partial charge in [0.2, 0.25) is 5.78 Å². The molecular formula is C18H10F3N3O3. The number of aromatic carboxylic acids is 1. The van der Waals surface area contributed by atoms with Crippen molar-refractivity contribution in [2.24, 2.45) is 0 Å². The van der Waals surface area contributed by atoms with Crippen LogP contribution in [0.2, 0.25) is 0 Å². The molecule has 0 amide bonds. The van der Waals surface area contributed by atoms with Gasteiger partial charge in [-0.15, -0.1) is 10.2 Å². The molecule has 0 bridgehead atoms. The van der Waals surface area contributed by atoms with Gasteiger partial charge in [-0.1, -0.05) is 18.2 Å². The highest BCUT2D eigenvalue weighted by Gasteiger charge is 2.35. The number of benzene rings is 1. The van der Waals surface area contributed by atoms with Crippen molar-refractivity contribution in [3.05, 3.63) is 77.2 Å². The molecule has 2 aromatic heterocycles. The molecule has 0 unspecified atom stereocenters. The average molecular weight is 373 g/mol. The molecule has 0 saturated heterocycles. The standard InChI is InChI=1S/C18H10F3N3O3/c19-18(20,21)12-4-2-1-3-11(12)16(25)14-6-5-10(9-22-14)13-7-8-15(17(26)27)24-23-13/h1-9H,(H,26,27). The largest absolute Gasteiger partial charge is 0.476 e. The first kappa shape index (κ1) is 18.2. The Labute approximate surface area is 150 Å². The number of carboxylic acid groups (broad SMARTS) is 1. The smallest absolute Gasteiger partial charge is 0.417 e. The quantitative estimate of drug-likeness (QED) is 0.704. The molecule has 0 aliphatic rings. The molecule has 0 aliphatic carbocycles. The lowest BCUT2D eigenvalue weighted by Crippen LogP contribution is -2.14. The van der Waals surface area contributed by atoms with E-state index in [1.54, 1.807) is 0 Å². The van der Waals surface area contributed by atoms with Crippen LogP contribution >= 0.6 is 0 Å². The molecule has 1 N–H and O–H groups in total. The lowest BCUT2D eigenvalue weighted by molar-refractivity contribution is -0.137. The van der Waals surface area contributed by atoms with Gasteiger partial charge in [0.25, 0.3) is 0 Å². The SMILES string of the molecule is O=C(O)c1ccc(-c2ccc(C(=O)c3ccccc3C(F)(F)F)nc2)nn1. The molecule has 0 aliphatic heterocycles. The Morgan fingerprint density at radius 1 is 0.889 bits per heavy atom. The Balaban J connectivity index is 1.90. The number of nitrogens with zero attached hydrogens (tertiary/aromatic N) is 3. The number of carbonyl (C=O) groups excluding carboxylic acids is 1. The van der Waals surface area contributed by atoms with Crippen molar-refractivity contribution in [3.63, 3.8) is 0 Å². The maximum atomic E-state index is 13.1. The second-order valence-electron chi connectivity index (χ2n) is 5.41. The van der Waals surface area contributed by atoms with Crippen LogP contribution < -0.4 is 0 Å². The highest BCUT2D eigenvalue weighted by atomic mass is 19.4. The molecule has 9 heteroatoms. The van der Waals surface area contributed by atoms with E-state index in [0.29, 0.717) is 11.3 Å². The van der Waals surface area contributed by atoms with Crippen LogP contribution in [0.15, 0.2) is 54.7 Å². The lowest BCUT2D eigenvalue weighted by atomic mass is 10.0. The number of rotatable bonds is 4. The average Bonchev–Trinajstić information content (AvgIpc) is 2.67. The van der Waals surface area contributed by atoms with Crippen molar-refractivity contribution in [2.75, 3.05) is 0 Å². The Kier molecular flexibility index (Phi) is 4.68. The third-order valence-electron chi connectivity index (χ3n) is 3.65. The summed E-state index contributed by atoms with van der Waals surface area (Å²) in [7, 11) is 0. The van der Waals surface area contributed by atoms with Gasteiger partial charge in [-0.2, -0.15) is 13.2 Å². The normalized spacial score (nSPS) is 11.2. The summed E-state index contributed by atoms with van der Waals surface area (Å²) in [6.45, 7) is 0. The number of hydrogen-bond donors (Lipinski definition) is 1. The number of hydrogen-bond acceptors (Lipinski definition) is 5. The number of alkyl halides is 3. The van der Waals surface area contributed by atoms with Crippen molar-refractivity contribution in [3.8, 4) is 11.3 Å². The number of carboxylic acids is 1. The second-order valence-corrected chi connectivity index (χ2v) is 5.41. The molecule has 0 atom stereocenters. The van der Waals surface area contributed by atoms with E-state index < -0.39 is 29.1 Å². The zero-order valence-electron chi connectivity index (χ0n) is 13.4. The summed E-state index contributed by atoms with van der Waals surface area (Å²) in [6, 6.07) is 9.86. The molecule has 0 spiro atoms. The second kappa shape index (κ2) is 6.94. The van der Waals surface area contributed by atoms with E-state index >= 15 is 0 Å². The zero-order valence-corrected chi connectivity index (χ0v) is 13.4. The van der Waals surface area contributed by atoms with Gasteiger partial charge >= 0.3 is 12.1 Å². The minimum atomic E-state index is -4.66. The van der Waals surface area contributed by atoms with Crippen LogP contribution in [0.5, 0.6) is 0 Å². The number of halogens is 3. The van der Waals surface area contributed by atoms with Gasteiger partial charge < -0.3 is 5.11 Å². The van der Waals surface area contributed by atoms with Gasteiger partial charge in [-0.25, -0.2) is 4.79 Å². The summed E-state index contributed by atoms with van der Waals surface area (Å²) in [5.74, 6) is -2.08. The summed E-state index contributed by atoms with van der Waals surface area (Å²) < 4.78 is 39.2. The fraction of sp³-hybridized carbons (Fsp3) is 0.0556. The number of ketones is 1. The summed E-state index contributed by atoms with van der Waals surface area (Å²) >= 11 is 0. The zero-order chi connectivity index (χ0) is 19.6. The Hall–Kier alpha value is -3.62. The topological polar surface area (TPSA) is 93.0 Å².